The van der Waals surface area contributed by atoms with Crippen molar-refractivity contribution in [3.05, 3.63) is 35.7 Å². The Hall–Kier alpha value is -1.98. The summed E-state index contributed by atoms with van der Waals surface area (Å²) in [6.07, 6.45) is 7.06. The fourth-order valence-corrected chi connectivity index (χ4v) is 2.89. The number of rotatable bonds is 2. The van der Waals surface area contributed by atoms with Crippen LogP contribution in [0.15, 0.2) is 24.1 Å². The Kier molecular flexibility index (Phi) is 2.55. The number of aromatic nitrogens is 3. The number of carboxylic acids is 1. The molecule has 0 saturated carbocycles. The van der Waals surface area contributed by atoms with Crippen LogP contribution < -0.4 is 0 Å². The van der Waals surface area contributed by atoms with E-state index in [4.69, 9.17) is 5.11 Å². The Morgan fingerprint density at radius 1 is 1.63 bits per heavy atom. The van der Waals surface area contributed by atoms with Crippen LogP contribution in [0.3, 0.4) is 0 Å². The number of aromatic carboxylic acids is 1. The minimum Gasteiger partial charge on any atom is -0.475 e. The minimum atomic E-state index is -1.15. The van der Waals surface area contributed by atoms with Crippen LogP contribution in [-0.4, -0.2) is 25.8 Å². The first-order valence-electron chi connectivity index (χ1n) is 6.24. The first-order chi connectivity index (χ1) is 9.02. The van der Waals surface area contributed by atoms with Gasteiger partial charge in [-0.15, -0.1) is 5.10 Å². The number of nitrogens with zero attached hydrogens (tertiary/aromatic N) is 3. The molecule has 0 radical (unpaired) electrons. The lowest BCUT2D eigenvalue weighted by Gasteiger charge is -2.34. The lowest BCUT2D eigenvalue weighted by atomic mass is 9.75. The molecule has 0 saturated heterocycles. The molecule has 0 amide bonds. The Morgan fingerprint density at radius 2 is 2.42 bits per heavy atom. The van der Waals surface area contributed by atoms with E-state index in [-0.39, 0.29) is 17.7 Å². The van der Waals surface area contributed by atoms with E-state index in [0.717, 1.165) is 6.42 Å². The van der Waals surface area contributed by atoms with Gasteiger partial charge in [0.1, 0.15) is 11.7 Å². The van der Waals surface area contributed by atoms with E-state index < -0.39 is 11.4 Å². The molecule has 1 N–H and O–H groups in total. The van der Waals surface area contributed by atoms with Crippen molar-refractivity contribution in [2.24, 2.45) is 5.41 Å². The van der Waals surface area contributed by atoms with E-state index in [9.17, 15) is 9.18 Å². The normalized spacial score (nSPS) is 29.2. The van der Waals surface area contributed by atoms with E-state index in [1.54, 1.807) is 10.8 Å². The van der Waals surface area contributed by atoms with Gasteiger partial charge in [-0.3, -0.25) is 0 Å². The molecule has 3 rings (SSSR count). The van der Waals surface area contributed by atoms with Gasteiger partial charge in [0.05, 0.1) is 6.04 Å². The number of carbonyl (C=O) groups is 1. The zero-order chi connectivity index (χ0) is 13.6. The third kappa shape index (κ3) is 1.70. The Bertz CT molecular complexity index is 605. The fraction of sp³-hybridized carbons (Fsp3) is 0.462. The third-order valence-electron chi connectivity index (χ3n) is 4.03. The van der Waals surface area contributed by atoms with Gasteiger partial charge in [-0.25, -0.2) is 18.9 Å². The summed E-state index contributed by atoms with van der Waals surface area (Å²) in [7, 11) is 0. The molecule has 1 aromatic rings. The molecule has 0 spiro atoms. The molecule has 1 aliphatic carbocycles. The lowest BCUT2D eigenvalue weighted by molar-refractivity contribution is 0.0681. The summed E-state index contributed by atoms with van der Waals surface area (Å²) in [6.45, 7) is 1.85. The van der Waals surface area contributed by atoms with Gasteiger partial charge >= 0.3 is 5.97 Å². The van der Waals surface area contributed by atoms with Crippen LogP contribution in [0.1, 0.15) is 42.3 Å². The molecule has 5 nitrogen and oxygen atoms in total. The topological polar surface area (TPSA) is 68.0 Å². The van der Waals surface area contributed by atoms with Crippen molar-refractivity contribution in [3.63, 3.8) is 0 Å². The Morgan fingerprint density at radius 3 is 3.11 bits per heavy atom. The maximum atomic E-state index is 14.2. The third-order valence-corrected chi connectivity index (χ3v) is 4.03. The van der Waals surface area contributed by atoms with Crippen molar-refractivity contribution in [2.75, 3.05) is 0 Å². The number of aryl methyl sites for hydroxylation is 1. The van der Waals surface area contributed by atoms with Gasteiger partial charge in [0.25, 0.3) is 5.82 Å². The van der Waals surface area contributed by atoms with Crippen molar-refractivity contribution >= 4 is 5.97 Å². The molecular formula is C13H14FN3O2. The van der Waals surface area contributed by atoms with Crippen LogP contribution >= 0.6 is 0 Å². The number of hydrogen-bond acceptors (Lipinski definition) is 3. The van der Waals surface area contributed by atoms with Gasteiger partial charge in [-0.1, -0.05) is 19.1 Å². The molecule has 2 aliphatic rings. The highest BCUT2D eigenvalue weighted by atomic mass is 19.1. The number of fused-ring (bicyclic) bond motifs is 1. The standard InChI is InChI=1S/C13H14FN3O2/c1-13(7-3-2-4-8(13)14)9-5-6-10-15-11(12(18)19)16-17(9)10/h2-4,9H,5-7H2,1H3,(H,18,19)/t9-,13?/m0/s1. The van der Waals surface area contributed by atoms with E-state index in [1.807, 2.05) is 13.0 Å². The molecule has 2 atom stereocenters. The first-order valence-corrected chi connectivity index (χ1v) is 6.24. The van der Waals surface area contributed by atoms with Gasteiger partial charge in [0.2, 0.25) is 0 Å². The van der Waals surface area contributed by atoms with Crippen molar-refractivity contribution in [1.82, 2.24) is 14.8 Å². The number of allylic oxidation sites excluding steroid dienone is 4. The van der Waals surface area contributed by atoms with Gasteiger partial charge in [-0.05, 0) is 18.9 Å². The number of carboxylic acid groups (broad SMARTS) is 1. The summed E-state index contributed by atoms with van der Waals surface area (Å²) >= 11 is 0. The molecule has 100 valence electrons. The van der Waals surface area contributed by atoms with Gasteiger partial charge in [0.15, 0.2) is 0 Å². The molecule has 0 bridgehead atoms. The predicted molar refractivity (Wildman–Crippen MR) is 65.4 cm³/mol. The Labute approximate surface area is 109 Å². The molecule has 1 aliphatic heterocycles. The van der Waals surface area contributed by atoms with Crippen LogP contribution in [0.4, 0.5) is 4.39 Å². The molecule has 0 aromatic carbocycles. The lowest BCUT2D eigenvalue weighted by Crippen LogP contribution is -2.30. The molecule has 2 heterocycles. The largest absolute Gasteiger partial charge is 0.475 e. The van der Waals surface area contributed by atoms with Gasteiger partial charge < -0.3 is 5.11 Å². The molecule has 1 unspecified atom stereocenters. The highest BCUT2D eigenvalue weighted by molar-refractivity contribution is 5.82. The van der Waals surface area contributed by atoms with Crippen LogP contribution in [0.25, 0.3) is 0 Å². The molecule has 6 heteroatoms. The average molecular weight is 263 g/mol. The van der Waals surface area contributed by atoms with Gasteiger partial charge in [-0.2, -0.15) is 0 Å². The molecule has 19 heavy (non-hydrogen) atoms. The van der Waals surface area contributed by atoms with Crippen molar-refractivity contribution < 1.29 is 14.3 Å². The van der Waals surface area contributed by atoms with Crippen molar-refractivity contribution in [3.8, 4) is 0 Å². The van der Waals surface area contributed by atoms with E-state index in [2.05, 4.69) is 10.1 Å². The zero-order valence-electron chi connectivity index (χ0n) is 10.5. The highest BCUT2D eigenvalue weighted by Gasteiger charge is 2.44. The maximum absolute atomic E-state index is 14.2. The average Bonchev–Trinajstić information content (AvgIpc) is 2.92. The van der Waals surface area contributed by atoms with E-state index >= 15 is 0 Å². The van der Waals surface area contributed by atoms with E-state index in [0.29, 0.717) is 18.7 Å². The zero-order valence-corrected chi connectivity index (χ0v) is 10.5. The summed E-state index contributed by atoms with van der Waals surface area (Å²) < 4.78 is 15.8. The summed E-state index contributed by atoms with van der Waals surface area (Å²) in [6, 6.07) is -0.177. The summed E-state index contributed by atoms with van der Waals surface area (Å²) in [5.74, 6) is -0.907. The highest BCUT2D eigenvalue weighted by Crippen LogP contribution is 2.48. The minimum absolute atomic E-state index is 0.177. The summed E-state index contributed by atoms with van der Waals surface area (Å²) in [4.78, 5) is 14.9. The molecular weight excluding hydrogens is 249 g/mol. The maximum Gasteiger partial charge on any atom is 0.375 e. The molecule has 0 fully saturated rings. The second-order valence-corrected chi connectivity index (χ2v) is 5.22. The van der Waals surface area contributed by atoms with E-state index in [1.165, 1.54) is 6.08 Å². The van der Waals surface area contributed by atoms with Gasteiger partial charge in [0, 0.05) is 11.8 Å². The SMILES string of the molecule is CC1([C@@H]2CCc3nc(C(=O)O)nn32)CC=CC=C1F. The first kappa shape index (κ1) is 12.1. The second kappa shape index (κ2) is 4.01. The van der Waals surface area contributed by atoms with Crippen LogP contribution in [-0.2, 0) is 6.42 Å². The Balaban J connectivity index is 2.00. The monoisotopic (exact) mass is 263 g/mol. The van der Waals surface area contributed by atoms with Crippen LogP contribution in [0.5, 0.6) is 0 Å². The number of hydrogen-bond donors (Lipinski definition) is 1. The quantitative estimate of drug-likeness (QED) is 0.888. The van der Waals surface area contributed by atoms with Crippen LogP contribution in [0.2, 0.25) is 0 Å². The van der Waals surface area contributed by atoms with Crippen LogP contribution in [0, 0.1) is 5.41 Å². The summed E-state index contributed by atoms with van der Waals surface area (Å²) in [5.41, 5.74) is -0.663. The molecule has 1 aromatic heterocycles. The second-order valence-electron chi connectivity index (χ2n) is 5.22. The smallest absolute Gasteiger partial charge is 0.375 e. The summed E-state index contributed by atoms with van der Waals surface area (Å²) in [5, 5.41) is 12.9. The fourth-order valence-electron chi connectivity index (χ4n) is 2.89. The van der Waals surface area contributed by atoms with Crippen molar-refractivity contribution in [1.29, 1.82) is 0 Å². The van der Waals surface area contributed by atoms with Crippen molar-refractivity contribution in [2.45, 2.75) is 32.2 Å². The predicted octanol–water partition coefficient (Wildman–Crippen LogP) is 2.28. The number of halogens is 1.